The number of hydrogen-bond acceptors (Lipinski definition) is 1. The molecule has 0 unspecified atom stereocenters. The predicted molar refractivity (Wildman–Crippen MR) is 62.8 cm³/mol. The first kappa shape index (κ1) is 9.97. The van der Waals surface area contributed by atoms with Crippen molar-refractivity contribution in [1.29, 1.82) is 0 Å². The minimum absolute atomic E-state index is 0.499. The Kier molecular flexibility index (Phi) is 2.58. The van der Waals surface area contributed by atoms with E-state index in [2.05, 4.69) is 43.1 Å². The van der Waals surface area contributed by atoms with Crippen LogP contribution in [0.3, 0.4) is 0 Å². The maximum atomic E-state index is 4.38. The summed E-state index contributed by atoms with van der Waals surface area (Å²) in [4.78, 5) is 0. The maximum absolute atomic E-state index is 4.38. The average molecular weight is 200 g/mol. The van der Waals surface area contributed by atoms with Crippen molar-refractivity contribution in [2.75, 3.05) is 0 Å². The van der Waals surface area contributed by atoms with Crippen LogP contribution < -0.4 is 0 Å². The predicted octanol–water partition coefficient (Wildman–Crippen LogP) is 3.51. The van der Waals surface area contributed by atoms with Crippen LogP contribution in [0.1, 0.15) is 31.0 Å². The third-order valence-corrected chi connectivity index (χ3v) is 2.62. The van der Waals surface area contributed by atoms with E-state index in [1.165, 1.54) is 16.8 Å². The van der Waals surface area contributed by atoms with Crippen molar-refractivity contribution >= 4 is 0 Å². The molecule has 2 heteroatoms. The van der Waals surface area contributed by atoms with Gasteiger partial charge >= 0.3 is 0 Å². The van der Waals surface area contributed by atoms with Gasteiger partial charge in [-0.15, -0.1) is 0 Å². The largest absolute Gasteiger partial charge is 0.282 e. The topological polar surface area (TPSA) is 28.7 Å². The number of aromatic nitrogens is 2. The zero-order chi connectivity index (χ0) is 10.8. The molecule has 2 aromatic rings. The fourth-order valence-electron chi connectivity index (χ4n) is 1.96. The molecule has 0 saturated carbocycles. The highest BCUT2D eigenvalue weighted by molar-refractivity contribution is 5.64. The summed E-state index contributed by atoms with van der Waals surface area (Å²) in [6.07, 6.45) is 0. The molecule has 1 aromatic heterocycles. The van der Waals surface area contributed by atoms with Gasteiger partial charge in [-0.1, -0.05) is 44.2 Å². The Bertz CT molecular complexity index is 441. The number of nitrogens with zero attached hydrogens (tertiary/aromatic N) is 1. The van der Waals surface area contributed by atoms with Gasteiger partial charge in [0.1, 0.15) is 0 Å². The standard InChI is InChI=1S/C13H16N2/c1-9(2)12-10(3)14-15-13(12)11-7-5-4-6-8-11/h4-9H,1-3H3,(H,14,15). The number of benzene rings is 1. The number of aromatic amines is 1. The fourth-order valence-corrected chi connectivity index (χ4v) is 1.96. The lowest BCUT2D eigenvalue weighted by Crippen LogP contribution is -1.91. The fraction of sp³-hybridized carbons (Fsp3) is 0.308. The number of aryl methyl sites for hydroxylation is 1. The summed E-state index contributed by atoms with van der Waals surface area (Å²) in [7, 11) is 0. The van der Waals surface area contributed by atoms with E-state index in [1.807, 2.05) is 18.2 Å². The van der Waals surface area contributed by atoms with Crippen LogP contribution in [0.25, 0.3) is 11.3 Å². The van der Waals surface area contributed by atoms with Crippen LogP contribution in [0, 0.1) is 6.92 Å². The molecule has 0 fully saturated rings. The van der Waals surface area contributed by atoms with Gasteiger partial charge in [0.05, 0.1) is 5.69 Å². The van der Waals surface area contributed by atoms with Crippen molar-refractivity contribution in [2.24, 2.45) is 0 Å². The molecule has 2 rings (SSSR count). The Morgan fingerprint density at radius 2 is 1.80 bits per heavy atom. The quantitative estimate of drug-likeness (QED) is 0.789. The summed E-state index contributed by atoms with van der Waals surface area (Å²) in [5, 5.41) is 7.45. The summed E-state index contributed by atoms with van der Waals surface area (Å²) < 4.78 is 0. The van der Waals surface area contributed by atoms with Crippen molar-refractivity contribution in [1.82, 2.24) is 10.2 Å². The normalized spacial score (nSPS) is 10.9. The summed E-state index contributed by atoms with van der Waals surface area (Å²) >= 11 is 0. The third kappa shape index (κ3) is 1.80. The molecule has 1 heterocycles. The van der Waals surface area contributed by atoms with Crippen molar-refractivity contribution < 1.29 is 0 Å². The highest BCUT2D eigenvalue weighted by Gasteiger charge is 2.14. The summed E-state index contributed by atoms with van der Waals surface area (Å²) in [6.45, 7) is 6.48. The molecule has 15 heavy (non-hydrogen) atoms. The molecule has 0 aliphatic heterocycles. The monoisotopic (exact) mass is 200 g/mol. The first-order valence-corrected chi connectivity index (χ1v) is 5.30. The summed E-state index contributed by atoms with van der Waals surface area (Å²) in [5.41, 5.74) is 4.76. The molecular formula is C13H16N2. The molecule has 1 aromatic carbocycles. The van der Waals surface area contributed by atoms with Crippen LogP contribution in [0.15, 0.2) is 30.3 Å². The van der Waals surface area contributed by atoms with Crippen molar-refractivity contribution in [3.05, 3.63) is 41.6 Å². The number of H-pyrrole nitrogens is 1. The van der Waals surface area contributed by atoms with Crippen molar-refractivity contribution in [3.8, 4) is 11.3 Å². The van der Waals surface area contributed by atoms with Gasteiger partial charge in [0.15, 0.2) is 0 Å². The molecular weight excluding hydrogens is 184 g/mol. The van der Waals surface area contributed by atoms with E-state index in [4.69, 9.17) is 0 Å². The Hall–Kier alpha value is -1.57. The minimum atomic E-state index is 0.499. The van der Waals surface area contributed by atoms with E-state index in [0.717, 1.165) is 5.69 Å². The van der Waals surface area contributed by atoms with E-state index in [0.29, 0.717) is 5.92 Å². The van der Waals surface area contributed by atoms with Crippen LogP contribution in [0.2, 0.25) is 0 Å². The van der Waals surface area contributed by atoms with Crippen LogP contribution in [0.4, 0.5) is 0 Å². The molecule has 0 bridgehead atoms. The third-order valence-electron chi connectivity index (χ3n) is 2.62. The lowest BCUT2D eigenvalue weighted by molar-refractivity contribution is 0.858. The van der Waals surface area contributed by atoms with Gasteiger partial charge in [0.2, 0.25) is 0 Å². The van der Waals surface area contributed by atoms with E-state index >= 15 is 0 Å². The SMILES string of the molecule is Cc1[nH]nc(-c2ccccc2)c1C(C)C. The van der Waals surface area contributed by atoms with Crippen LogP contribution >= 0.6 is 0 Å². The first-order chi connectivity index (χ1) is 7.20. The van der Waals surface area contributed by atoms with Gasteiger partial charge in [-0.3, -0.25) is 5.10 Å². The molecule has 0 spiro atoms. The minimum Gasteiger partial charge on any atom is -0.282 e. The molecule has 0 saturated heterocycles. The second-order valence-electron chi connectivity index (χ2n) is 4.13. The number of nitrogens with one attached hydrogen (secondary N) is 1. The zero-order valence-corrected chi connectivity index (χ0v) is 9.41. The summed E-state index contributed by atoms with van der Waals surface area (Å²) in [6, 6.07) is 10.3. The van der Waals surface area contributed by atoms with Gasteiger partial charge in [-0.05, 0) is 12.8 Å². The molecule has 0 aliphatic carbocycles. The Morgan fingerprint density at radius 3 is 2.40 bits per heavy atom. The zero-order valence-electron chi connectivity index (χ0n) is 9.41. The lowest BCUT2D eigenvalue weighted by Gasteiger charge is -2.06. The van der Waals surface area contributed by atoms with Gasteiger partial charge in [0.25, 0.3) is 0 Å². The Labute approximate surface area is 90.3 Å². The van der Waals surface area contributed by atoms with E-state index in [-0.39, 0.29) is 0 Å². The van der Waals surface area contributed by atoms with Crippen LogP contribution in [0.5, 0.6) is 0 Å². The molecule has 1 N–H and O–H groups in total. The molecule has 0 atom stereocenters. The number of hydrogen-bond donors (Lipinski definition) is 1. The molecule has 0 aliphatic rings. The smallest absolute Gasteiger partial charge is 0.0957 e. The van der Waals surface area contributed by atoms with Gasteiger partial charge < -0.3 is 0 Å². The van der Waals surface area contributed by atoms with E-state index in [1.54, 1.807) is 0 Å². The molecule has 78 valence electrons. The second-order valence-corrected chi connectivity index (χ2v) is 4.13. The van der Waals surface area contributed by atoms with Gasteiger partial charge in [-0.25, -0.2) is 0 Å². The number of rotatable bonds is 2. The van der Waals surface area contributed by atoms with Crippen molar-refractivity contribution in [2.45, 2.75) is 26.7 Å². The van der Waals surface area contributed by atoms with Crippen molar-refractivity contribution in [3.63, 3.8) is 0 Å². The Morgan fingerprint density at radius 1 is 1.13 bits per heavy atom. The summed E-state index contributed by atoms with van der Waals surface area (Å²) in [5.74, 6) is 0.499. The van der Waals surface area contributed by atoms with E-state index in [9.17, 15) is 0 Å². The van der Waals surface area contributed by atoms with E-state index < -0.39 is 0 Å². The highest BCUT2D eigenvalue weighted by atomic mass is 15.1. The second kappa shape index (κ2) is 3.89. The Balaban J connectivity index is 2.54. The average Bonchev–Trinajstić information content (AvgIpc) is 2.61. The molecule has 2 nitrogen and oxygen atoms in total. The maximum Gasteiger partial charge on any atom is 0.0957 e. The van der Waals surface area contributed by atoms with Gasteiger partial charge in [0, 0.05) is 16.8 Å². The first-order valence-electron chi connectivity index (χ1n) is 5.30. The van der Waals surface area contributed by atoms with Gasteiger partial charge in [-0.2, -0.15) is 5.10 Å². The molecule has 0 radical (unpaired) electrons. The lowest BCUT2D eigenvalue weighted by atomic mass is 9.97. The molecule has 0 amide bonds. The highest BCUT2D eigenvalue weighted by Crippen LogP contribution is 2.29. The van der Waals surface area contributed by atoms with Crippen LogP contribution in [-0.4, -0.2) is 10.2 Å². The van der Waals surface area contributed by atoms with Crippen LogP contribution in [-0.2, 0) is 0 Å².